The van der Waals surface area contributed by atoms with Crippen molar-refractivity contribution in [2.24, 2.45) is 5.41 Å². The molecule has 1 nitrogen and oxygen atoms in total. The van der Waals surface area contributed by atoms with Gasteiger partial charge in [0.25, 0.3) is 0 Å². The fraction of sp³-hybridized carbons (Fsp3) is 0.600. The van der Waals surface area contributed by atoms with E-state index < -0.39 is 5.60 Å². The van der Waals surface area contributed by atoms with Gasteiger partial charge in [-0.05, 0) is 36.0 Å². The van der Waals surface area contributed by atoms with Gasteiger partial charge in [0, 0.05) is 11.4 Å². The molecule has 0 bridgehead atoms. The second-order valence-electron chi connectivity index (χ2n) is 5.93. The van der Waals surface area contributed by atoms with Crippen LogP contribution in [0.4, 0.5) is 0 Å². The van der Waals surface area contributed by atoms with Crippen LogP contribution in [0.2, 0.25) is 5.02 Å². The molecule has 0 saturated heterocycles. The van der Waals surface area contributed by atoms with Crippen LogP contribution >= 0.6 is 11.6 Å². The fourth-order valence-electron chi connectivity index (χ4n) is 2.82. The first-order chi connectivity index (χ1) is 7.93. The zero-order valence-electron chi connectivity index (χ0n) is 10.7. The van der Waals surface area contributed by atoms with Crippen LogP contribution in [0.1, 0.15) is 45.1 Å². The second-order valence-corrected chi connectivity index (χ2v) is 6.36. The maximum absolute atomic E-state index is 10.9. The quantitative estimate of drug-likeness (QED) is 0.836. The highest BCUT2D eigenvalue weighted by Crippen LogP contribution is 2.45. The van der Waals surface area contributed by atoms with Gasteiger partial charge in [0.15, 0.2) is 0 Å². The second kappa shape index (κ2) is 4.62. The normalized spacial score (nSPS) is 28.0. The molecular formula is C15H21ClO. The highest BCUT2D eigenvalue weighted by molar-refractivity contribution is 6.30. The lowest BCUT2D eigenvalue weighted by molar-refractivity contribution is -0.0958. The Labute approximate surface area is 109 Å². The van der Waals surface area contributed by atoms with Crippen molar-refractivity contribution < 1.29 is 5.11 Å². The van der Waals surface area contributed by atoms with E-state index in [1.54, 1.807) is 0 Å². The SMILES string of the molecule is CC1(C)CCCCC1(O)Cc1ccc(Cl)cc1. The van der Waals surface area contributed by atoms with E-state index in [1.807, 2.05) is 24.3 Å². The van der Waals surface area contributed by atoms with Gasteiger partial charge in [-0.1, -0.05) is 50.4 Å². The molecule has 1 unspecified atom stereocenters. The van der Waals surface area contributed by atoms with Crippen LogP contribution in [0.25, 0.3) is 0 Å². The van der Waals surface area contributed by atoms with Crippen molar-refractivity contribution >= 4 is 11.6 Å². The third-order valence-corrected chi connectivity index (χ3v) is 4.56. The van der Waals surface area contributed by atoms with Crippen LogP contribution in [0, 0.1) is 5.41 Å². The van der Waals surface area contributed by atoms with E-state index >= 15 is 0 Å². The largest absolute Gasteiger partial charge is 0.389 e. The average molecular weight is 253 g/mol. The Morgan fingerprint density at radius 2 is 1.71 bits per heavy atom. The number of benzene rings is 1. The van der Waals surface area contributed by atoms with Crippen LogP contribution in [-0.2, 0) is 6.42 Å². The van der Waals surface area contributed by atoms with Gasteiger partial charge in [0.05, 0.1) is 5.60 Å². The highest BCUT2D eigenvalue weighted by atomic mass is 35.5. The Balaban J connectivity index is 2.18. The summed E-state index contributed by atoms with van der Waals surface area (Å²) < 4.78 is 0. The summed E-state index contributed by atoms with van der Waals surface area (Å²) in [6.07, 6.45) is 5.11. The molecule has 2 heteroatoms. The van der Waals surface area contributed by atoms with E-state index in [-0.39, 0.29) is 5.41 Å². The maximum atomic E-state index is 10.9. The molecule has 94 valence electrons. The summed E-state index contributed by atoms with van der Waals surface area (Å²) in [5.41, 5.74) is 0.608. The molecule has 1 aromatic carbocycles. The molecule has 1 atom stereocenters. The van der Waals surface area contributed by atoms with Crippen LogP contribution in [0.3, 0.4) is 0 Å². The Bertz CT molecular complexity index is 382. The van der Waals surface area contributed by atoms with Gasteiger partial charge >= 0.3 is 0 Å². The molecular weight excluding hydrogens is 232 g/mol. The van der Waals surface area contributed by atoms with Crippen molar-refractivity contribution in [3.8, 4) is 0 Å². The standard InChI is InChI=1S/C15H21ClO/c1-14(2)9-3-4-10-15(14,17)11-12-5-7-13(16)8-6-12/h5-8,17H,3-4,9-11H2,1-2H3. The number of halogens is 1. The monoisotopic (exact) mass is 252 g/mol. The van der Waals surface area contributed by atoms with Gasteiger partial charge < -0.3 is 5.11 Å². The van der Waals surface area contributed by atoms with E-state index in [1.165, 1.54) is 12.0 Å². The number of hydrogen-bond acceptors (Lipinski definition) is 1. The topological polar surface area (TPSA) is 20.2 Å². The van der Waals surface area contributed by atoms with Crippen LogP contribution in [0.5, 0.6) is 0 Å². The Hall–Kier alpha value is -0.530. The highest BCUT2D eigenvalue weighted by Gasteiger charge is 2.44. The number of hydrogen-bond donors (Lipinski definition) is 1. The predicted octanol–water partition coefficient (Wildman–Crippen LogP) is 4.21. The summed E-state index contributed by atoms with van der Waals surface area (Å²) in [7, 11) is 0. The number of rotatable bonds is 2. The van der Waals surface area contributed by atoms with Crippen molar-refractivity contribution in [3.63, 3.8) is 0 Å². The Kier molecular flexibility index (Phi) is 3.51. The third kappa shape index (κ3) is 2.66. The first-order valence-corrected chi connectivity index (χ1v) is 6.78. The van der Waals surface area contributed by atoms with Crippen molar-refractivity contribution in [1.29, 1.82) is 0 Å². The lowest BCUT2D eigenvalue weighted by Gasteiger charge is -2.46. The molecule has 1 N–H and O–H groups in total. The molecule has 1 saturated carbocycles. The van der Waals surface area contributed by atoms with Crippen molar-refractivity contribution in [3.05, 3.63) is 34.9 Å². The Morgan fingerprint density at radius 3 is 2.29 bits per heavy atom. The Morgan fingerprint density at radius 1 is 1.12 bits per heavy atom. The van der Waals surface area contributed by atoms with E-state index in [4.69, 9.17) is 11.6 Å². The van der Waals surface area contributed by atoms with Gasteiger partial charge in [-0.3, -0.25) is 0 Å². The van der Waals surface area contributed by atoms with E-state index in [0.29, 0.717) is 0 Å². The minimum Gasteiger partial charge on any atom is -0.389 e. The predicted molar refractivity (Wildman–Crippen MR) is 72.4 cm³/mol. The first kappa shape index (κ1) is 12.9. The van der Waals surface area contributed by atoms with Crippen molar-refractivity contribution in [2.75, 3.05) is 0 Å². The minimum absolute atomic E-state index is 0.00485. The molecule has 2 rings (SSSR count). The molecule has 1 aromatic rings. The third-order valence-electron chi connectivity index (χ3n) is 4.31. The van der Waals surface area contributed by atoms with E-state index in [9.17, 15) is 5.11 Å². The molecule has 0 heterocycles. The zero-order chi connectivity index (χ0) is 12.5. The zero-order valence-corrected chi connectivity index (χ0v) is 11.4. The molecule has 1 aliphatic carbocycles. The maximum Gasteiger partial charge on any atom is 0.0738 e. The molecule has 0 aliphatic heterocycles. The van der Waals surface area contributed by atoms with Gasteiger partial charge in [-0.25, -0.2) is 0 Å². The molecule has 0 radical (unpaired) electrons. The summed E-state index contributed by atoms with van der Waals surface area (Å²) >= 11 is 5.88. The van der Waals surface area contributed by atoms with Crippen LogP contribution in [0.15, 0.2) is 24.3 Å². The smallest absolute Gasteiger partial charge is 0.0738 e. The van der Waals surface area contributed by atoms with Crippen LogP contribution < -0.4 is 0 Å². The minimum atomic E-state index is -0.570. The fourth-order valence-corrected chi connectivity index (χ4v) is 2.95. The van der Waals surface area contributed by atoms with E-state index in [0.717, 1.165) is 30.7 Å². The van der Waals surface area contributed by atoms with Gasteiger partial charge in [-0.15, -0.1) is 0 Å². The molecule has 1 aliphatic rings. The summed E-state index contributed by atoms with van der Waals surface area (Å²) in [6.45, 7) is 4.37. The number of aliphatic hydroxyl groups is 1. The summed E-state index contributed by atoms with van der Waals surface area (Å²) in [5, 5.41) is 11.6. The van der Waals surface area contributed by atoms with Gasteiger partial charge in [0.2, 0.25) is 0 Å². The molecule has 0 aromatic heterocycles. The summed E-state index contributed by atoms with van der Waals surface area (Å²) in [6, 6.07) is 7.84. The molecule has 17 heavy (non-hydrogen) atoms. The first-order valence-electron chi connectivity index (χ1n) is 6.40. The average Bonchev–Trinajstić information content (AvgIpc) is 2.26. The molecule has 1 fully saturated rings. The molecule has 0 spiro atoms. The summed E-state index contributed by atoms with van der Waals surface area (Å²) in [5.74, 6) is 0. The lowest BCUT2D eigenvalue weighted by Crippen LogP contribution is -2.48. The molecule has 0 amide bonds. The summed E-state index contributed by atoms with van der Waals surface area (Å²) in [4.78, 5) is 0. The van der Waals surface area contributed by atoms with Gasteiger partial charge in [-0.2, -0.15) is 0 Å². The van der Waals surface area contributed by atoms with Crippen LogP contribution in [-0.4, -0.2) is 10.7 Å². The lowest BCUT2D eigenvalue weighted by atomic mass is 9.63. The van der Waals surface area contributed by atoms with E-state index in [2.05, 4.69) is 13.8 Å². The van der Waals surface area contributed by atoms with Gasteiger partial charge in [0.1, 0.15) is 0 Å². The van der Waals surface area contributed by atoms with Crippen molar-refractivity contribution in [1.82, 2.24) is 0 Å². The van der Waals surface area contributed by atoms with Crippen molar-refractivity contribution in [2.45, 2.75) is 51.6 Å².